The Hall–Kier alpha value is -0.450. The highest BCUT2D eigenvalue weighted by Gasteiger charge is 2.31. The molecule has 0 bridgehead atoms. The minimum absolute atomic E-state index is 0.247. The van der Waals surface area contributed by atoms with Crippen LogP contribution >= 0.6 is 15.9 Å². The van der Waals surface area contributed by atoms with E-state index >= 15 is 0 Å². The van der Waals surface area contributed by atoms with Crippen molar-refractivity contribution in [3.8, 4) is 0 Å². The third-order valence-electron chi connectivity index (χ3n) is 3.66. The zero-order chi connectivity index (χ0) is 13.8. The van der Waals surface area contributed by atoms with Gasteiger partial charge in [-0.05, 0) is 55.9 Å². The van der Waals surface area contributed by atoms with Gasteiger partial charge in [0.25, 0.3) is 0 Å². The van der Waals surface area contributed by atoms with Gasteiger partial charge < -0.3 is 9.84 Å². The van der Waals surface area contributed by atoms with Gasteiger partial charge in [0.1, 0.15) is 5.82 Å². The van der Waals surface area contributed by atoms with Crippen molar-refractivity contribution in [1.29, 1.82) is 0 Å². The third kappa shape index (κ3) is 4.26. The number of aliphatic hydroxyl groups excluding tert-OH is 1. The van der Waals surface area contributed by atoms with E-state index in [1.165, 1.54) is 6.07 Å². The minimum Gasteiger partial charge on any atom is -0.393 e. The normalized spacial score (nSPS) is 24.0. The Morgan fingerprint density at radius 3 is 2.89 bits per heavy atom. The second-order valence-electron chi connectivity index (χ2n) is 5.24. The molecule has 0 saturated heterocycles. The number of hydrogen-bond donors (Lipinski definition) is 1. The smallest absolute Gasteiger partial charge is 0.126 e. The SMILES string of the molecule is CCOC1CC(CC(O)Cc2cc(Br)ccc2F)C1. The molecule has 1 N–H and O–H groups in total. The van der Waals surface area contributed by atoms with Crippen LogP contribution in [-0.2, 0) is 11.2 Å². The fourth-order valence-electron chi connectivity index (χ4n) is 2.66. The van der Waals surface area contributed by atoms with Gasteiger partial charge >= 0.3 is 0 Å². The summed E-state index contributed by atoms with van der Waals surface area (Å²) < 4.78 is 19.9. The van der Waals surface area contributed by atoms with Gasteiger partial charge in [-0.1, -0.05) is 15.9 Å². The molecule has 4 heteroatoms. The molecule has 1 aromatic carbocycles. The van der Waals surface area contributed by atoms with E-state index in [0.29, 0.717) is 24.0 Å². The molecule has 1 saturated carbocycles. The lowest BCUT2D eigenvalue weighted by molar-refractivity contribution is -0.0376. The summed E-state index contributed by atoms with van der Waals surface area (Å²) in [5, 5.41) is 10.0. The van der Waals surface area contributed by atoms with Crippen LogP contribution in [0.15, 0.2) is 22.7 Å². The summed E-state index contributed by atoms with van der Waals surface area (Å²) in [6.45, 7) is 2.75. The average molecular weight is 331 g/mol. The predicted octanol–water partition coefficient (Wildman–Crippen LogP) is 3.70. The lowest BCUT2D eigenvalue weighted by Gasteiger charge is -2.36. The fourth-order valence-corrected chi connectivity index (χ4v) is 3.07. The summed E-state index contributed by atoms with van der Waals surface area (Å²) in [6.07, 6.45) is 3.04. The number of benzene rings is 1. The van der Waals surface area contributed by atoms with Crippen molar-refractivity contribution >= 4 is 15.9 Å². The second-order valence-corrected chi connectivity index (χ2v) is 6.16. The Labute approximate surface area is 122 Å². The number of rotatable bonds is 6. The Morgan fingerprint density at radius 2 is 2.21 bits per heavy atom. The van der Waals surface area contributed by atoms with Gasteiger partial charge in [-0.15, -0.1) is 0 Å². The van der Waals surface area contributed by atoms with E-state index in [-0.39, 0.29) is 5.82 Å². The van der Waals surface area contributed by atoms with E-state index in [1.807, 2.05) is 6.92 Å². The molecule has 2 rings (SSSR count). The van der Waals surface area contributed by atoms with Gasteiger partial charge in [-0.25, -0.2) is 4.39 Å². The molecule has 19 heavy (non-hydrogen) atoms. The van der Waals surface area contributed by atoms with Crippen LogP contribution in [0.5, 0.6) is 0 Å². The van der Waals surface area contributed by atoms with Gasteiger partial charge in [0.2, 0.25) is 0 Å². The van der Waals surface area contributed by atoms with Crippen LogP contribution in [0.1, 0.15) is 31.7 Å². The summed E-state index contributed by atoms with van der Waals surface area (Å²) >= 11 is 3.32. The zero-order valence-corrected chi connectivity index (χ0v) is 12.7. The summed E-state index contributed by atoms with van der Waals surface area (Å²) in [7, 11) is 0. The number of halogens is 2. The van der Waals surface area contributed by atoms with E-state index in [0.717, 1.165) is 30.3 Å². The fraction of sp³-hybridized carbons (Fsp3) is 0.600. The molecule has 0 aliphatic heterocycles. The molecule has 0 amide bonds. The Kier molecular flexibility index (Phi) is 5.37. The Morgan fingerprint density at radius 1 is 1.47 bits per heavy atom. The summed E-state index contributed by atoms with van der Waals surface area (Å²) in [4.78, 5) is 0. The molecule has 1 atom stereocenters. The summed E-state index contributed by atoms with van der Waals surface area (Å²) in [5.74, 6) is 0.268. The van der Waals surface area contributed by atoms with E-state index in [2.05, 4.69) is 15.9 Å². The molecule has 1 aliphatic rings. The molecule has 0 heterocycles. The van der Waals surface area contributed by atoms with Gasteiger partial charge in [-0.2, -0.15) is 0 Å². The maximum atomic E-state index is 13.6. The van der Waals surface area contributed by atoms with Crippen molar-refractivity contribution in [3.63, 3.8) is 0 Å². The topological polar surface area (TPSA) is 29.5 Å². The summed E-state index contributed by atoms with van der Waals surface area (Å²) in [6, 6.07) is 4.84. The monoisotopic (exact) mass is 330 g/mol. The van der Waals surface area contributed by atoms with Crippen LogP contribution in [0.3, 0.4) is 0 Å². The van der Waals surface area contributed by atoms with E-state index in [1.54, 1.807) is 12.1 Å². The molecule has 1 aromatic rings. The third-order valence-corrected chi connectivity index (χ3v) is 4.16. The second kappa shape index (κ2) is 6.82. The number of aliphatic hydroxyl groups is 1. The highest BCUT2D eigenvalue weighted by molar-refractivity contribution is 9.10. The van der Waals surface area contributed by atoms with Crippen LogP contribution in [0.25, 0.3) is 0 Å². The van der Waals surface area contributed by atoms with Crippen LogP contribution in [0, 0.1) is 11.7 Å². The molecular formula is C15H20BrFO2. The molecule has 1 fully saturated rings. The highest BCUT2D eigenvalue weighted by Crippen LogP contribution is 2.34. The number of ether oxygens (including phenoxy) is 1. The first-order chi connectivity index (χ1) is 9.08. The standard InChI is InChI=1S/C15H20BrFO2/c1-2-19-14-6-10(7-14)5-13(18)9-11-8-12(16)3-4-15(11)17/h3-4,8,10,13-14,18H,2,5-7,9H2,1H3. The zero-order valence-electron chi connectivity index (χ0n) is 11.1. The van der Waals surface area contributed by atoms with E-state index < -0.39 is 6.10 Å². The largest absolute Gasteiger partial charge is 0.393 e. The predicted molar refractivity (Wildman–Crippen MR) is 76.6 cm³/mol. The molecule has 0 aromatic heterocycles. The van der Waals surface area contributed by atoms with Crippen molar-refractivity contribution in [1.82, 2.24) is 0 Å². The van der Waals surface area contributed by atoms with Gasteiger partial charge in [-0.3, -0.25) is 0 Å². The van der Waals surface area contributed by atoms with Crippen LogP contribution in [0.2, 0.25) is 0 Å². The van der Waals surface area contributed by atoms with E-state index in [4.69, 9.17) is 4.74 Å². The van der Waals surface area contributed by atoms with Gasteiger partial charge in [0.15, 0.2) is 0 Å². The first-order valence-electron chi connectivity index (χ1n) is 6.82. The maximum Gasteiger partial charge on any atom is 0.126 e. The Bertz CT molecular complexity index is 419. The van der Waals surface area contributed by atoms with Crippen molar-refractivity contribution in [2.24, 2.45) is 5.92 Å². The van der Waals surface area contributed by atoms with Crippen LogP contribution < -0.4 is 0 Å². The number of hydrogen-bond acceptors (Lipinski definition) is 2. The molecular weight excluding hydrogens is 311 g/mol. The summed E-state index contributed by atoms with van der Waals surface area (Å²) in [5.41, 5.74) is 0.572. The first-order valence-corrected chi connectivity index (χ1v) is 7.61. The van der Waals surface area contributed by atoms with E-state index in [9.17, 15) is 9.50 Å². The van der Waals surface area contributed by atoms with Gasteiger partial charge in [0, 0.05) is 17.5 Å². The maximum absolute atomic E-state index is 13.6. The molecule has 2 nitrogen and oxygen atoms in total. The molecule has 1 unspecified atom stereocenters. The molecule has 0 radical (unpaired) electrons. The minimum atomic E-state index is -0.476. The molecule has 0 spiro atoms. The molecule has 1 aliphatic carbocycles. The van der Waals surface area contributed by atoms with Crippen molar-refractivity contribution in [2.45, 2.75) is 44.8 Å². The van der Waals surface area contributed by atoms with Crippen molar-refractivity contribution in [2.75, 3.05) is 6.61 Å². The first kappa shape index (κ1) is 14.9. The quantitative estimate of drug-likeness (QED) is 0.861. The Balaban J connectivity index is 1.79. The highest BCUT2D eigenvalue weighted by atomic mass is 79.9. The lowest BCUT2D eigenvalue weighted by Crippen LogP contribution is -2.34. The van der Waals surface area contributed by atoms with Crippen LogP contribution in [0.4, 0.5) is 4.39 Å². The average Bonchev–Trinajstić information content (AvgIpc) is 2.31. The van der Waals surface area contributed by atoms with Crippen molar-refractivity contribution < 1.29 is 14.2 Å². The van der Waals surface area contributed by atoms with Gasteiger partial charge in [0.05, 0.1) is 12.2 Å². The van der Waals surface area contributed by atoms with Crippen LogP contribution in [-0.4, -0.2) is 23.9 Å². The lowest BCUT2D eigenvalue weighted by atomic mass is 9.78. The van der Waals surface area contributed by atoms with Crippen molar-refractivity contribution in [3.05, 3.63) is 34.1 Å². The molecule has 106 valence electrons.